The van der Waals surface area contributed by atoms with Gasteiger partial charge < -0.3 is 9.97 Å². The largest absolute Gasteiger partial charge is 0.345 e. The number of rotatable bonds is 2. The van der Waals surface area contributed by atoms with E-state index in [4.69, 9.17) is 0 Å². The van der Waals surface area contributed by atoms with Gasteiger partial charge in [-0.2, -0.15) is 0 Å². The van der Waals surface area contributed by atoms with Crippen LogP contribution in [-0.4, -0.2) is 19.9 Å². The Morgan fingerprint density at radius 1 is 1.20 bits per heavy atom. The quantitative estimate of drug-likeness (QED) is 0.667. The molecule has 15 heavy (non-hydrogen) atoms. The zero-order valence-corrected chi connectivity index (χ0v) is 8.54. The van der Waals surface area contributed by atoms with Gasteiger partial charge in [0.25, 0.3) is 0 Å². The van der Waals surface area contributed by atoms with Gasteiger partial charge >= 0.3 is 0 Å². The highest BCUT2D eigenvalue weighted by Crippen LogP contribution is 2.18. The smallest absolute Gasteiger partial charge is 0.107 e. The lowest BCUT2D eigenvalue weighted by molar-refractivity contribution is 0.861. The third-order valence-electron chi connectivity index (χ3n) is 2.56. The van der Waals surface area contributed by atoms with Gasteiger partial charge in [-0.25, -0.2) is 9.97 Å². The number of nitrogens with zero attached hydrogens (tertiary/aromatic N) is 2. The number of H-pyrrole nitrogens is 2. The summed E-state index contributed by atoms with van der Waals surface area (Å²) in [6, 6.07) is 4.07. The van der Waals surface area contributed by atoms with Crippen molar-refractivity contribution in [2.45, 2.75) is 19.8 Å². The van der Waals surface area contributed by atoms with Crippen molar-refractivity contribution in [2.24, 2.45) is 0 Å². The molecule has 76 valence electrons. The number of aromatic nitrogens is 4. The van der Waals surface area contributed by atoms with Gasteiger partial charge in [-0.05, 0) is 18.6 Å². The van der Waals surface area contributed by atoms with E-state index < -0.39 is 0 Å². The standard InChI is InChI=1S/C11H12N4/c1-2-3-11-14-9-4-7-8(13-6-12-7)5-10(9)15-11/h4-6H,2-3H2,1H3,(H,12,13)(H,14,15). The Hall–Kier alpha value is -1.84. The second-order valence-electron chi connectivity index (χ2n) is 3.72. The predicted molar refractivity (Wildman–Crippen MR) is 59.7 cm³/mol. The number of hydrogen-bond acceptors (Lipinski definition) is 2. The molecule has 0 spiro atoms. The zero-order chi connectivity index (χ0) is 10.3. The van der Waals surface area contributed by atoms with Gasteiger partial charge in [0.05, 0.1) is 28.4 Å². The molecule has 0 bridgehead atoms. The average Bonchev–Trinajstić information content (AvgIpc) is 2.78. The van der Waals surface area contributed by atoms with Crippen LogP contribution in [0, 0.1) is 0 Å². The Morgan fingerprint density at radius 2 is 2.13 bits per heavy atom. The molecule has 3 rings (SSSR count). The lowest BCUT2D eigenvalue weighted by Gasteiger charge is -1.88. The molecule has 0 amide bonds. The van der Waals surface area contributed by atoms with Crippen LogP contribution in [0.5, 0.6) is 0 Å². The van der Waals surface area contributed by atoms with E-state index in [1.54, 1.807) is 6.33 Å². The molecule has 0 radical (unpaired) electrons. The van der Waals surface area contributed by atoms with Gasteiger partial charge in [0, 0.05) is 6.42 Å². The van der Waals surface area contributed by atoms with E-state index in [0.717, 1.165) is 40.7 Å². The van der Waals surface area contributed by atoms with Crippen molar-refractivity contribution in [1.82, 2.24) is 19.9 Å². The fraction of sp³-hybridized carbons (Fsp3) is 0.273. The lowest BCUT2D eigenvalue weighted by Crippen LogP contribution is -1.83. The topological polar surface area (TPSA) is 57.4 Å². The highest BCUT2D eigenvalue weighted by Gasteiger charge is 2.04. The van der Waals surface area contributed by atoms with Crippen molar-refractivity contribution < 1.29 is 0 Å². The number of aryl methyl sites for hydroxylation is 1. The molecule has 0 atom stereocenters. The van der Waals surface area contributed by atoms with Crippen LogP contribution in [0.4, 0.5) is 0 Å². The maximum atomic E-state index is 4.52. The van der Waals surface area contributed by atoms with Crippen LogP contribution < -0.4 is 0 Å². The fourth-order valence-electron chi connectivity index (χ4n) is 1.85. The van der Waals surface area contributed by atoms with Gasteiger partial charge in [-0.15, -0.1) is 0 Å². The Bertz CT molecular complexity index is 557. The van der Waals surface area contributed by atoms with Gasteiger partial charge in [0.1, 0.15) is 5.82 Å². The van der Waals surface area contributed by atoms with Crippen molar-refractivity contribution in [1.29, 1.82) is 0 Å². The minimum absolute atomic E-state index is 0.969. The van der Waals surface area contributed by atoms with E-state index in [1.807, 2.05) is 6.07 Å². The normalized spacial score (nSPS) is 11.5. The van der Waals surface area contributed by atoms with E-state index in [9.17, 15) is 0 Å². The molecular formula is C11H12N4. The zero-order valence-electron chi connectivity index (χ0n) is 8.54. The van der Waals surface area contributed by atoms with Crippen molar-refractivity contribution in [3.63, 3.8) is 0 Å². The molecule has 0 saturated carbocycles. The van der Waals surface area contributed by atoms with Crippen molar-refractivity contribution >= 4 is 22.1 Å². The summed E-state index contributed by atoms with van der Waals surface area (Å²) in [5, 5.41) is 0. The highest BCUT2D eigenvalue weighted by atomic mass is 14.9. The fourth-order valence-corrected chi connectivity index (χ4v) is 1.85. The van der Waals surface area contributed by atoms with Gasteiger partial charge in [-0.1, -0.05) is 6.92 Å². The van der Waals surface area contributed by atoms with E-state index in [0.29, 0.717) is 0 Å². The third kappa shape index (κ3) is 1.29. The first-order valence-electron chi connectivity index (χ1n) is 5.18. The monoisotopic (exact) mass is 200 g/mol. The molecule has 4 heteroatoms. The SMILES string of the molecule is CCCc1nc2cc3nc[nH]c3cc2[nH]1. The summed E-state index contributed by atoms with van der Waals surface area (Å²) in [5.41, 5.74) is 4.10. The summed E-state index contributed by atoms with van der Waals surface area (Å²) in [6.07, 6.45) is 3.81. The summed E-state index contributed by atoms with van der Waals surface area (Å²) < 4.78 is 0. The first kappa shape index (κ1) is 8.47. The van der Waals surface area contributed by atoms with Gasteiger partial charge in [0.15, 0.2) is 0 Å². The minimum Gasteiger partial charge on any atom is -0.345 e. The second-order valence-corrected chi connectivity index (χ2v) is 3.72. The van der Waals surface area contributed by atoms with Crippen LogP contribution in [0.3, 0.4) is 0 Å². The van der Waals surface area contributed by atoms with Crippen molar-refractivity contribution in [3.8, 4) is 0 Å². The van der Waals surface area contributed by atoms with Crippen molar-refractivity contribution in [2.75, 3.05) is 0 Å². The molecule has 4 nitrogen and oxygen atoms in total. The summed E-state index contributed by atoms with van der Waals surface area (Å²) in [4.78, 5) is 15.2. The van der Waals surface area contributed by atoms with Crippen molar-refractivity contribution in [3.05, 3.63) is 24.3 Å². The molecule has 2 N–H and O–H groups in total. The predicted octanol–water partition coefficient (Wildman–Crippen LogP) is 2.39. The van der Waals surface area contributed by atoms with E-state index in [1.165, 1.54) is 0 Å². The van der Waals surface area contributed by atoms with Gasteiger partial charge in [-0.3, -0.25) is 0 Å². The molecule has 0 aliphatic carbocycles. The van der Waals surface area contributed by atoms with Crippen LogP contribution in [0.25, 0.3) is 22.1 Å². The maximum Gasteiger partial charge on any atom is 0.107 e. The van der Waals surface area contributed by atoms with Crippen LogP contribution >= 0.6 is 0 Å². The molecule has 0 saturated heterocycles. The first-order valence-corrected chi connectivity index (χ1v) is 5.18. The van der Waals surface area contributed by atoms with Crippen LogP contribution in [-0.2, 0) is 6.42 Å². The highest BCUT2D eigenvalue weighted by molar-refractivity contribution is 5.91. The molecule has 2 heterocycles. The molecular weight excluding hydrogens is 188 g/mol. The second kappa shape index (κ2) is 3.08. The van der Waals surface area contributed by atoms with E-state index >= 15 is 0 Å². The Kier molecular flexibility index (Phi) is 1.74. The molecule has 0 aliphatic rings. The molecule has 0 aliphatic heterocycles. The molecule has 0 fully saturated rings. The number of imidazole rings is 2. The Labute approximate surface area is 86.7 Å². The summed E-state index contributed by atoms with van der Waals surface area (Å²) >= 11 is 0. The van der Waals surface area contributed by atoms with Crippen LogP contribution in [0.1, 0.15) is 19.2 Å². The Morgan fingerprint density at radius 3 is 3.00 bits per heavy atom. The van der Waals surface area contributed by atoms with E-state index in [-0.39, 0.29) is 0 Å². The van der Waals surface area contributed by atoms with E-state index in [2.05, 4.69) is 32.9 Å². The number of aromatic amines is 2. The first-order chi connectivity index (χ1) is 7.36. The van der Waals surface area contributed by atoms with Gasteiger partial charge in [0.2, 0.25) is 0 Å². The maximum absolute atomic E-state index is 4.52. The summed E-state index contributed by atoms with van der Waals surface area (Å²) in [7, 11) is 0. The Balaban J connectivity index is 2.24. The molecule has 3 aromatic rings. The number of hydrogen-bond donors (Lipinski definition) is 2. The number of fused-ring (bicyclic) bond motifs is 2. The van der Waals surface area contributed by atoms with Crippen LogP contribution in [0.2, 0.25) is 0 Å². The molecule has 1 aromatic carbocycles. The lowest BCUT2D eigenvalue weighted by atomic mass is 10.3. The summed E-state index contributed by atoms with van der Waals surface area (Å²) in [6.45, 7) is 2.15. The summed E-state index contributed by atoms with van der Waals surface area (Å²) in [5.74, 6) is 1.06. The number of nitrogens with one attached hydrogen (secondary N) is 2. The minimum atomic E-state index is 0.969. The molecule has 0 unspecified atom stereocenters. The molecule has 2 aromatic heterocycles. The average molecular weight is 200 g/mol. The number of benzene rings is 1. The third-order valence-corrected chi connectivity index (χ3v) is 2.56. The van der Waals surface area contributed by atoms with Crippen LogP contribution in [0.15, 0.2) is 18.5 Å².